The zero-order valence-corrected chi connectivity index (χ0v) is 15.9. The van der Waals surface area contributed by atoms with Crippen LogP contribution in [-0.2, 0) is 17.5 Å². The summed E-state index contributed by atoms with van der Waals surface area (Å²) in [7, 11) is 0. The predicted molar refractivity (Wildman–Crippen MR) is 98.0 cm³/mol. The van der Waals surface area contributed by atoms with Crippen LogP contribution in [0, 0.1) is 17.2 Å². The second kappa shape index (κ2) is 8.10. The van der Waals surface area contributed by atoms with Crippen molar-refractivity contribution in [3.63, 3.8) is 0 Å². The maximum Gasteiger partial charge on any atom is 0.416 e. The van der Waals surface area contributed by atoms with E-state index in [0.717, 1.165) is 18.9 Å². The standard InChI is InChI=1S/C20H25F3N4O/c1-19(14-24,16-5-6-16)25-18(28)13-27-9-7-26(8-10-27)12-15-3-2-4-17(11-15)20(21,22)23/h2-4,11,16H,5-10,12-13H2,1H3,(H,25,28). The van der Waals surface area contributed by atoms with Crippen LogP contribution in [0.1, 0.15) is 30.9 Å². The molecule has 3 rings (SSSR count). The summed E-state index contributed by atoms with van der Waals surface area (Å²) in [6.45, 7) is 5.16. The molecule has 1 amide bonds. The lowest BCUT2D eigenvalue weighted by Gasteiger charge is -2.35. The molecule has 152 valence electrons. The van der Waals surface area contributed by atoms with Crippen molar-refractivity contribution < 1.29 is 18.0 Å². The molecule has 0 radical (unpaired) electrons. The normalized spacial score (nSPS) is 21.0. The topological polar surface area (TPSA) is 59.4 Å². The molecule has 8 heteroatoms. The first-order valence-corrected chi connectivity index (χ1v) is 9.53. The molecular formula is C20H25F3N4O. The number of nitrogens with zero attached hydrogens (tertiary/aromatic N) is 3. The largest absolute Gasteiger partial charge is 0.416 e. The van der Waals surface area contributed by atoms with Gasteiger partial charge in [-0.15, -0.1) is 0 Å². The molecule has 2 aliphatic rings. The first kappa shape index (κ1) is 20.6. The van der Waals surface area contributed by atoms with E-state index in [0.29, 0.717) is 38.3 Å². The SMILES string of the molecule is CC(C#N)(NC(=O)CN1CCN(Cc2cccc(C(F)(F)F)c2)CC1)C1CC1. The van der Waals surface area contributed by atoms with Crippen LogP contribution in [-0.4, -0.2) is 54.0 Å². The van der Waals surface area contributed by atoms with Crippen LogP contribution in [0.15, 0.2) is 24.3 Å². The number of carbonyl (C=O) groups excluding carboxylic acids is 1. The Balaban J connectivity index is 1.46. The molecule has 1 N–H and O–H groups in total. The summed E-state index contributed by atoms with van der Waals surface area (Å²) in [5, 5.41) is 12.2. The second-order valence-corrected chi connectivity index (χ2v) is 7.89. The second-order valence-electron chi connectivity index (χ2n) is 7.89. The molecule has 1 aliphatic heterocycles. The van der Waals surface area contributed by atoms with Crippen LogP contribution >= 0.6 is 0 Å². The number of amides is 1. The number of halogens is 3. The monoisotopic (exact) mass is 394 g/mol. The van der Waals surface area contributed by atoms with Crippen LogP contribution in [0.4, 0.5) is 13.2 Å². The summed E-state index contributed by atoms with van der Waals surface area (Å²) in [5.41, 5.74) is -0.783. The average molecular weight is 394 g/mol. The summed E-state index contributed by atoms with van der Waals surface area (Å²) in [6, 6.07) is 7.63. The average Bonchev–Trinajstić information content (AvgIpc) is 3.48. The Hall–Kier alpha value is -2.11. The van der Waals surface area contributed by atoms with E-state index in [2.05, 4.69) is 16.3 Å². The first-order chi connectivity index (χ1) is 13.2. The van der Waals surface area contributed by atoms with Gasteiger partial charge in [-0.05, 0) is 37.3 Å². The number of carbonyl (C=O) groups is 1. The third-order valence-corrected chi connectivity index (χ3v) is 5.52. The lowest BCUT2D eigenvalue weighted by Crippen LogP contribution is -2.53. The minimum Gasteiger partial charge on any atom is -0.337 e. The number of nitrogens with one attached hydrogen (secondary N) is 1. The Morgan fingerprint density at radius 1 is 1.21 bits per heavy atom. The van der Waals surface area contributed by atoms with Crippen molar-refractivity contribution in [1.29, 1.82) is 5.26 Å². The fourth-order valence-electron chi connectivity index (χ4n) is 3.62. The van der Waals surface area contributed by atoms with Crippen molar-refractivity contribution >= 4 is 5.91 Å². The van der Waals surface area contributed by atoms with E-state index in [-0.39, 0.29) is 18.4 Å². The number of piperazine rings is 1. The Labute approximate surface area is 163 Å². The number of nitriles is 1. The van der Waals surface area contributed by atoms with Crippen LogP contribution in [0.5, 0.6) is 0 Å². The molecule has 1 saturated carbocycles. The number of hydrogen-bond acceptors (Lipinski definition) is 4. The molecule has 0 aromatic heterocycles. The van der Waals surface area contributed by atoms with Gasteiger partial charge in [0, 0.05) is 32.7 Å². The quantitative estimate of drug-likeness (QED) is 0.806. The smallest absolute Gasteiger partial charge is 0.337 e. The van der Waals surface area contributed by atoms with Gasteiger partial charge in [0.15, 0.2) is 0 Å². The lowest BCUT2D eigenvalue weighted by molar-refractivity contribution is -0.137. The summed E-state index contributed by atoms with van der Waals surface area (Å²) in [4.78, 5) is 16.4. The van der Waals surface area contributed by atoms with Crippen LogP contribution in [0.25, 0.3) is 0 Å². The van der Waals surface area contributed by atoms with E-state index < -0.39 is 17.3 Å². The minimum atomic E-state index is -4.33. The van der Waals surface area contributed by atoms with E-state index in [9.17, 15) is 23.2 Å². The lowest BCUT2D eigenvalue weighted by atomic mass is 9.98. The fourth-order valence-corrected chi connectivity index (χ4v) is 3.62. The van der Waals surface area contributed by atoms with Gasteiger partial charge in [0.2, 0.25) is 5.91 Å². The van der Waals surface area contributed by atoms with Crippen LogP contribution < -0.4 is 5.32 Å². The molecule has 2 fully saturated rings. The predicted octanol–water partition coefficient (Wildman–Crippen LogP) is 2.63. The van der Waals surface area contributed by atoms with Crippen molar-refractivity contribution in [2.24, 2.45) is 5.92 Å². The molecule has 28 heavy (non-hydrogen) atoms. The van der Waals surface area contributed by atoms with Gasteiger partial charge >= 0.3 is 6.18 Å². The van der Waals surface area contributed by atoms with Gasteiger partial charge in [0.1, 0.15) is 5.54 Å². The van der Waals surface area contributed by atoms with Gasteiger partial charge in [0.05, 0.1) is 18.2 Å². The number of benzene rings is 1. The fraction of sp³-hybridized carbons (Fsp3) is 0.600. The first-order valence-electron chi connectivity index (χ1n) is 9.53. The highest BCUT2D eigenvalue weighted by Gasteiger charge is 2.43. The van der Waals surface area contributed by atoms with Crippen molar-refractivity contribution in [2.75, 3.05) is 32.7 Å². The molecule has 1 atom stereocenters. The maximum absolute atomic E-state index is 12.8. The molecular weight excluding hydrogens is 369 g/mol. The van der Waals surface area contributed by atoms with Gasteiger partial charge in [0.25, 0.3) is 0 Å². The van der Waals surface area contributed by atoms with Gasteiger partial charge in [-0.25, -0.2) is 0 Å². The molecule has 1 saturated heterocycles. The summed E-state index contributed by atoms with van der Waals surface area (Å²) in [5.74, 6) is 0.0908. The van der Waals surface area contributed by atoms with Crippen LogP contribution in [0.3, 0.4) is 0 Å². The zero-order chi connectivity index (χ0) is 20.4. The van der Waals surface area contributed by atoms with Gasteiger partial charge < -0.3 is 5.32 Å². The Bertz CT molecular complexity index is 749. The van der Waals surface area contributed by atoms with Gasteiger partial charge in [-0.3, -0.25) is 14.6 Å². The summed E-state index contributed by atoms with van der Waals surface area (Å²) < 4.78 is 38.5. The molecule has 0 spiro atoms. The minimum absolute atomic E-state index is 0.151. The number of rotatable bonds is 6. The van der Waals surface area contributed by atoms with Gasteiger partial charge in [-0.2, -0.15) is 18.4 Å². The molecule has 1 aromatic rings. The highest BCUT2D eigenvalue weighted by Crippen LogP contribution is 2.39. The molecule has 1 unspecified atom stereocenters. The highest BCUT2D eigenvalue weighted by atomic mass is 19.4. The van der Waals surface area contributed by atoms with E-state index in [4.69, 9.17) is 0 Å². The van der Waals surface area contributed by atoms with Crippen molar-refractivity contribution in [1.82, 2.24) is 15.1 Å². The zero-order valence-electron chi connectivity index (χ0n) is 15.9. The van der Waals surface area contributed by atoms with E-state index in [1.165, 1.54) is 12.1 Å². The highest BCUT2D eigenvalue weighted by molar-refractivity contribution is 5.79. The number of alkyl halides is 3. The van der Waals surface area contributed by atoms with E-state index in [1.54, 1.807) is 13.0 Å². The molecule has 0 bridgehead atoms. The third-order valence-electron chi connectivity index (χ3n) is 5.52. The Morgan fingerprint density at radius 2 is 1.86 bits per heavy atom. The maximum atomic E-state index is 12.8. The Kier molecular flexibility index (Phi) is 5.96. The molecule has 1 aromatic carbocycles. The number of hydrogen-bond donors (Lipinski definition) is 1. The van der Waals surface area contributed by atoms with E-state index >= 15 is 0 Å². The summed E-state index contributed by atoms with van der Waals surface area (Å²) in [6.07, 6.45) is -2.39. The summed E-state index contributed by atoms with van der Waals surface area (Å²) >= 11 is 0. The van der Waals surface area contributed by atoms with Crippen LogP contribution in [0.2, 0.25) is 0 Å². The van der Waals surface area contributed by atoms with E-state index in [1.807, 2.05) is 4.90 Å². The van der Waals surface area contributed by atoms with Crippen molar-refractivity contribution in [3.05, 3.63) is 35.4 Å². The van der Waals surface area contributed by atoms with Crippen molar-refractivity contribution in [2.45, 2.75) is 38.0 Å². The molecule has 1 aliphatic carbocycles. The van der Waals surface area contributed by atoms with Crippen molar-refractivity contribution in [3.8, 4) is 6.07 Å². The Morgan fingerprint density at radius 3 is 2.43 bits per heavy atom. The third kappa shape index (κ3) is 5.24. The molecule has 1 heterocycles. The van der Waals surface area contributed by atoms with Gasteiger partial charge in [-0.1, -0.05) is 18.2 Å². The molecule has 5 nitrogen and oxygen atoms in total.